The molecular formula is C11H15F2NO. The lowest BCUT2D eigenvalue weighted by Gasteiger charge is -2.18. The molecule has 1 rings (SSSR count). The first kappa shape index (κ1) is 11.9. The van der Waals surface area contributed by atoms with Gasteiger partial charge in [0.15, 0.2) is 0 Å². The lowest BCUT2D eigenvalue weighted by Crippen LogP contribution is -2.25. The molecule has 0 fully saturated rings. The number of ether oxygens (including phenoxy) is 1. The van der Waals surface area contributed by atoms with Gasteiger partial charge >= 0.3 is 0 Å². The lowest BCUT2D eigenvalue weighted by atomic mass is 10.2. The summed E-state index contributed by atoms with van der Waals surface area (Å²) in [6.07, 6.45) is 0.738. The summed E-state index contributed by atoms with van der Waals surface area (Å²) in [4.78, 5) is 0. The highest BCUT2D eigenvalue weighted by Crippen LogP contribution is 2.19. The average molecular weight is 215 g/mol. The van der Waals surface area contributed by atoms with Crippen LogP contribution in [0.1, 0.15) is 13.3 Å². The van der Waals surface area contributed by atoms with Crippen LogP contribution in [0.2, 0.25) is 0 Å². The van der Waals surface area contributed by atoms with Gasteiger partial charge in [-0.3, -0.25) is 0 Å². The fourth-order valence-electron chi connectivity index (χ4n) is 1.30. The van der Waals surface area contributed by atoms with Crippen LogP contribution in [-0.4, -0.2) is 19.8 Å². The predicted octanol–water partition coefficient (Wildman–Crippen LogP) is 2.80. The van der Waals surface area contributed by atoms with Crippen LogP contribution >= 0.6 is 0 Å². The number of methoxy groups -OCH3 is 1. The molecular weight excluding hydrogens is 200 g/mol. The number of hydrogen-bond acceptors (Lipinski definition) is 2. The molecule has 0 amide bonds. The summed E-state index contributed by atoms with van der Waals surface area (Å²) in [6, 6.07) is 3.71. The molecule has 1 aromatic rings. The molecule has 0 aliphatic rings. The largest absolute Gasteiger partial charge is 0.383 e. The Kier molecular flexibility index (Phi) is 4.49. The van der Waals surface area contributed by atoms with E-state index in [9.17, 15) is 8.78 Å². The molecule has 0 saturated carbocycles. The molecule has 0 saturated heterocycles. The Hall–Kier alpha value is -1.16. The van der Waals surface area contributed by atoms with Crippen LogP contribution in [0.3, 0.4) is 0 Å². The van der Waals surface area contributed by atoms with Crippen LogP contribution in [0.4, 0.5) is 14.5 Å². The van der Waals surface area contributed by atoms with E-state index in [4.69, 9.17) is 4.74 Å². The van der Waals surface area contributed by atoms with Crippen molar-refractivity contribution < 1.29 is 13.5 Å². The fourth-order valence-corrected chi connectivity index (χ4v) is 1.30. The second-order valence-electron chi connectivity index (χ2n) is 3.30. The van der Waals surface area contributed by atoms with E-state index in [0.29, 0.717) is 6.61 Å². The van der Waals surface area contributed by atoms with Crippen molar-refractivity contribution in [3.05, 3.63) is 29.8 Å². The molecule has 4 heteroatoms. The Morgan fingerprint density at radius 2 is 1.93 bits per heavy atom. The van der Waals surface area contributed by atoms with Gasteiger partial charge in [-0.15, -0.1) is 0 Å². The summed E-state index contributed by atoms with van der Waals surface area (Å²) >= 11 is 0. The maximum Gasteiger partial charge on any atom is 0.149 e. The molecule has 0 bridgehead atoms. The third-order valence-corrected chi connectivity index (χ3v) is 2.17. The number of para-hydroxylation sites is 1. The monoisotopic (exact) mass is 215 g/mol. The van der Waals surface area contributed by atoms with Crippen molar-refractivity contribution >= 4 is 5.69 Å². The zero-order chi connectivity index (χ0) is 11.3. The lowest BCUT2D eigenvalue weighted by molar-refractivity contribution is 0.184. The van der Waals surface area contributed by atoms with E-state index >= 15 is 0 Å². The van der Waals surface area contributed by atoms with Gasteiger partial charge in [-0.25, -0.2) is 8.78 Å². The molecule has 2 nitrogen and oxygen atoms in total. The molecule has 1 N–H and O–H groups in total. The summed E-state index contributed by atoms with van der Waals surface area (Å²) in [7, 11) is 1.56. The first-order chi connectivity index (χ1) is 7.19. The van der Waals surface area contributed by atoms with Crippen molar-refractivity contribution in [2.45, 2.75) is 19.4 Å². The zero-order valence-electron chi connectivity index (χ0n) is 8.89. The molecule has 0 aromatic heterocycles. The second kappa shape index (κ2) is 5.66. The van der Waals surface area contributed by atoms with Gasteiger partial charge in [-0.1, -0.05) is 13.0 Å². The molecule has 1 unspecified atom stereocenters. The van der Waals surface area contributed by atoms with Crippen molar-refractivity contribution in [3.8, 4) is 0 Å². The second-order valence-corrected chi connectivity index (χ2v) is 3.30. The van der Waals surface area contributed by atoms with Crippen LogP contribution in [0.15, 0.2) is 18.2 Å². The van der Waals surface area contributed by atoms with Gasteiger partial charge in [0.2, 0.25) is 0 Å². The fraction of sp³-hybridized carbons (Fsp3) is 0.455. The Bertz CT molecular complexity index is 297. The number of rotatable bonds is 5. The van der Waals surface area contributed by atoms with E-state index in [1.807, 2.05) is 6.92 Å². The number of benzene rings is 1. The highest BCUT2D eigenvalue weighted by Gasteiger charge is 2.12. The van der Waals surface area contributed by atoms with Gasteiger partial charge in [-0.05, 0) is 18.6 Å². The van der Waals surface area contributed by atoms with Crippen molar-refractivity contribution in [3.63, 3.8) is 0 Å². The minimum Gasteiger partial charge on any atom is -0.383 e. The summed E-state index contributed by atoms with van der Waals surface area (Å²) in [6.45, 7) is 2.35. The first-order valence-corrected chi connectivity index (χ1v) is 4.88. The van der Waals surface area contributed by atoms with Crippen molar-refractivity contribution in [1.29, 1.82) is 0 Å². The van der Waals surface area contributed by atoms with Gasteiger partial charge in [0.1, 0.15) is 17.3 Å². The zero-order valence-corrected chi connectivity index (χ0v) is 8.89. The standard InChI is InChI=1S/C11H15F2NO/c1-3-8(7-15-2)14-11-9(12)5-4-6-10(11)13/h4-6,8,14H,3,7H2,1-2H3. The molecule has 0 aliphatic carbocycles. The van der Waals surface area contributed by atoms with Gasteiger partial charge in [-0.2, -0.15) is 0 Å². The molecule has 1 atom stereocenters. The van der Waals surface area contributed by atoms with Crippen LogP contribution in [-0.2, 0) is 4.74 Å². The molecule has 0 heterocycles. The van der Waals surface area contributed by atoms with Crippen LogP contribution in [0.5, 0.6) is 0 Å². The molecule has 1 aromatic carbocycles. The Balaban J connectivity index is 2.78. The third-order valence-electron chi connectivity index (χ3n) is 2.17. The van der Waals surface area contributed by atoms with E-state index in [0.717, 1.165) is 6.42 Å². The summed E-state index contributed by atoms with van der Waals surface area (Å²) in [5.41, 5.74) is -0.0820. The number of halogens is 2. The van der Waals surface area contributed by atoms with Crippen LogP contribution in [0, 0.1) is 11.6 Å². The smallest absolute Gasteiger partial charge is 0.149 e. The SMILES string of the molecule is CCC(COC)Nc1c(F)cccc1F. The van der Waals surface area contributed by atoms with Gasteiger partial charge in [0, 0.05) is 13.2 Å². The average Bonchev–Trinajstić information content (AvgIpc) is 2.22. The third kappa shape index (κ3) is 3.16. The minimum absolute atomic E-state index is 0.0820. The number of anilines is 1. The molecule has 0 aliphatic heterocycles. The Morgan fingerprint density at radius 1 is 1.33 bits per heavy atom. The van der Waals surface area contributed by atoms with Gasteiger partial charge in [0.05, 0.1) is 6.61 Å². The quantitative estimate of drug-likeness (QED) is 0.815. The van der Waals surface area contributed by atoms with E-state index in [1.165, 1.54) is 18.2 Å². The normalized spacial score (nSPS) is 12.5. The summed E-state index contributed by atoms with van der Waals surface area (Å²) in [5.74, 6) is -1.16. The predicted molar refractivity (Wildman–Crippen MR) is 55.9 cm³/mol. The number of nitrogens with one attached hydrogen (secondary N) is 1. The maximum atomic E-state index is 13.2. The van der Waals surface area contributed by atoms with Gasteiger partial charge in [0.25, 0.3) is 0 Å². The number of hydrogen-bond donors (Lipinski definition) is 1. The van der Waals surface area contributed by atoms with Crippen molar-refractivity contribution in [2.75, 3.05) is 19.0 Å². The van der Waals surface area contributed by atoms with Crippen molar-refractivity contribution in [2.24, 2.45) is 0 Å². The summed E-state index contributed by atoms with van der Waals surface area (Å²) in [5, 5.41) is 2.79. The molecule has 84 valence electrons. The Morgan fingerprint density at radius 3 is 2.40 bits per heavy atom. The molecule has 0 radical (unpaired) electrons. The highest BCUT2D eigenvalue weighted by molar-refractivity contribution is 5.46. The van der Waals surface area contributed by atoms with E-state index in [2.05, 4.69) is 5.32 Å². The van der Waals surface area contributed by atoms with Gasteiger partial charge < -0.3 is 10.1 Å². The highest BCUT2D eigenvalue weighted by atomic mass is 19.1. The van der Waals surface area contributed by atoms with Crippen LogP contribution < -0.4 is 5.32 Å². The van der Waals surface area contributed by atoms with Crippen LogP contribution in [0.25, 0.3) is 0 Å². The molecule has 15 heavy (non-hydrogen) atoms. The topological polar surface area (TPSA) is 21.3 Å². The van der Waals surface area contributed by atoms with E-state index < -0.39 is 11.6 Å². The maximum absolute atomic E-state index is 13.2. The van der Waals surface area contributed by atoms with E-state index in [-0.39, 0.29) is 11.7 Å². The minimum atomic E-state index is -0.579. The first-order valence-electron chi connectivity index (χ1n) is 4.88. The molecule has 0 spiro atoms. The Labute approximate surface area is 88.3 Å². The summed E-state index contributed by atoms with van der Waals surface area (Å²) < 4.78 is 31.4. The van der Waals surface area contributed by atoms with E-state index in [1.54, 1.807) is 7.11 Å². The van der Waals surface area contributed by atoms with Crippen molar-refractivity contribution in [1.82, 2.24) is 0 Å².